The number of benzene rings is 2. The highest BCUT2D eigenvalue weighted by Crippen LogP contribution is 2.14. The highest BCUT2D eigenvalue weighted by molar-refractivity contribution is 5.90. The molecule has 0 bridgehead atoms. The van der Waals surface area contributed by atoms with E-state index in [4.69, 9.17) is 15.2 Å². The summed E-state index contributed by atoms with van der Waals surface area (Å²) in [6.45, 7) is 2.61. The zero-order chi connectivity index (χ0) is 19.5. The van der Waals surface area contributed by atoms with Gasteiger partial charge in [-0.3, -0.25) is 0 Å². The summed E-state index contributed by atoms with van der Waals surface area (Å²) in [7, 11) is 0. The molecule has 1 amide bonds. The van der Waals surface area contributed by atoms with Crippen LogP contribution >= 0.6 is 0 Å². The minimum atomic E-state index is -0.496. The molecule has 0 spiro atoms. The van der Waals surface area contributed by atoms with Gasteiger partial charge in [-0.15, -0.1) is 0 Å². The predicted molar refractivity (Wildman–Crippen MR) is 103 cm³/mol. The van der Waals surface area contributed by atoms with E-state index < -0.39 is 12.1 Å². The monoisotopic (exact) mass is 366 g/mol. The first-order valence-electron chi connectivity index (χ1n) is 8.60. The van der Waals surface area contributed by atoms with Crippen LogP contribution in [0.2, 0.25) is 0 Å². The Balaban J connectivity index is 1.79. The SMILES string of the molecule is CCOC(=O)c1ccc(N)c(C#CCCNC(=O)OCc2ccccc2)c1. The van der Waals surface area contributed by atoms with Gasteiger partial charge in [-0.05, 0) is 30.7 Å². The van der Waals surface area contributed by atoms with Crippen molar-refractivity contribution in [3.8, 4) is 11.8 Å². The molecule has 0 aromatic heterocycles. The fourth-order valence-corrected chi connectivity index (χ4v) is 2.16. The Morgan fingerprint density at radius 2 is 1.89 bits per heavy atom. The van der Waals surface area contributed by atoms with E-state index in [1.807, 2.05) is 30.3 Å². The van der Waals surface area contributed by atoms with Crippen LogP contribution in [0.1, 0.15) is 34.8 Å². The number of carbonyl (C=O) groups is 2. The average Bonchev–Trinajstić information content (AvgIpc) is 2.68. The number of rotatable bonds is 6. The smallest absolute Gasteiger partial charge is 0.407 e. The van der Waals surface area contributed by atoms with Crippen LogP contribution < -0.4 is 11.1 Å². The molecule has 0 saturated heterocycles. The van der Waals surface area contributed by atoms with Crippen molar-refractivity contribution >= 4 is 17.7 Å². The van der Waals surface area contributed by atoms with Gasteiger partial charge in [0.15, 0.2) is 0 Å². The number of nitrogen functional groups attached to an aromatic ring is 1. The van der Waals surface area contributed by atoms with Crippen molar-refractivity contribution in [1.82, 2.24) is 5.32 Å². The zero-order valence-electron chi connectivity index (χ0n) is 15.2. The molecule has 0 aliphatic carbocycles. The van der Waals surface area contributed by atoms with Crippen molar-refractivity contribution in [2.75, 3.05) is 18.9 Å². The highest BCUT2D eigenvalue weighted by Gasteiger charge is 2.08. The van der Waals surface area contributed by atoms with Crippen LogP contribution in [-0.2, 0) is 16.1 Å². The molecule has 0 fully saturated rings. The first-order chi connectivity index (χ1) is 13.1. The van der Waals surface area contributed by atoms with Crippen molar-refractivity contribution in [3.05, 3.63) is 65.2 Å². The molecule has 6 nitrogen and oxygen atoms in total. The first-order valence-corrected chi connectivity index (χ1v) is 8.60. The van der Waals surface area contributed by atoms with Crippen LogP contribution in [-0.4, -0.2) is 25.2 Å². The molecular formula is C21H22N2O4. The average molecular weight is 366 g/mol. The Morgan fingerprint density at radius 3 is 2.63 bits per heavy atom. The molecule has 2 aromatic rings. The van der Waals surface area contributed by atoms with Crippen LogP contribution in [0, 0.1) is 11.8 Å². The lowest BCUT2D eigenvalue weighted by Crippen LogP contribution is -2.24. The van der Waals surface area contributed by atoms with Gasteiger partial charge in [-0.2, -0.15) is 0 Å². The number of alkyl carbamates (subject to hydrolysis) is 1. The summed E-state index contributed by atoms with van der Waals surface area (Å²) in [4.78, 5) is 23.4. The van der Waals surface area contributed by atoms with E-state index in [1.165, 1.54) is 0 Å². The van der Waals surface area contributed by atoms with Crippen LogP contribution in [0.5, 0.6) is 0 Å². The fraction of sp³-hybridized carbons (Fsp3) is 0.238. The van der Waals surface area contributed by atoms with Crippen molar-refractivity contribution in [3.63, 3.8) is 0 Å². The minimum Gasteiger partial charge on any atom is -0.462 e. The van der Waals surface area contributed by atoms with Gasteiger partial charge in [-0.1, -0.05) is 42.2 Å². The second kappa shape index (κ2) is 10.5. The molecule has 3 N–H and O–H groups in total. The lowest BCUT2D eigenvalue weighted by molar-refractivity contribution is 0.0526. The largest absolute Gasteiger partial charge is 0.462 e. The molecule has 2 aromatic carbocycles. The lowest BCUT2D eigenvalue weighted by atomic mass is 10.1. The number of hydrogen-bond acceptors (Lipinski definition) is 5. The number of hydrogen-bond donors (Lipinski definition) is 2. The maximum absolute atomic E-state index is 11.8. The molecule has 0 atom stereocenters. The maximum Gasteiger partial charge on any atom is 0.407 e. The van der Waals surface area contributed by atoms with Gasteiger partial charge in [0.2, 0.25) is 0 Å². The molecule has 27 heavy (non-hydrogen) atoms. The molecule has 0 saturated carbocycles. The number of esters is 1. The quantitative estimate of drug-likeness (QED) is 0.355. The number of ether oxygens (including phenoxy) is 2. The maximum atomic E-state index is 11.8. The van der Waals surface area contributed by atoms with E-state index in [-0.39, 0.29) is 6.61 Å². The molecule has 0 aliphatic rings. The van der Waals surface area contributed by atoms with Gasteiger partial charge in [0.05, 0.1) is 12.2 Å². The van der Waals surface area contributed by atoms with E-state index in [9.17, 15) is 9.59 Å². The number of nitrogens with two attached hydrogens (primary N) is 1. The Labute approximate surface area is 158 Å². The Kier molecular flexibility index (Phi) is 7.73. The molecule has 0 unspecified atom stereocenters. The van der Waals surface area contributed by atoms with Crippen molar-refractivity contribution in [1.29, 1.82) is 0 Å². The second-order valence-electron chi connectivity index (χ2n) is 5.56. The summed E-state index contributed by atoms with van der Waals surface area (Å²) in [5.74, 6) is 5.41. The molecule has 0 radical (unpaired) electrons. The number of carbonyl (C=O) groups excluding carboxylic acids is 2. The van der Waals surface area contributed by atoms with Gasteiger partial charge in [-0.25, -0.2) is 9.59 Å². The number of anilines is 1. The summed E-state index contributed by atoms with van der Waals surface area (Å²) in [6, 6.07) is 14.3. The fourth-order valence-electron chi connectivity index (χ4n) is 2.16. The molecule has 6 heteroatoms. The summed E-state index contributed by atoms with van der Waals surface area (Å²) in [5.41, 5.74) is 8.22. The Hall–Kier alpha value is -3.46. The molecule has 0 heterocycles. The zero-order valence-corrected chi connectivity index (χ0v) is 15.2. The van der Waals surface area contributed by atoms with E-state index in [0.717, 1.165) is 5.56 Å². The molecule has 140 valence electrons. The molecule has 2 rings (SSSR count). The Bertz CT molecular complexity index is 838. The van der Waals surface area contributed by atoms with Crippen molar-refractivity contribution in [2.45, 2.75) is 20.0 Å². The number of amides is 1. The van der Waals surface area contributed by atoms with Gasteiger partial charge in [0, 0.05) is 24.2 Å². The molecular weight excluding hydrogens is 344 g/mol. The normalized spacial score (nSPS) is 9.67. The van der Waals surface area contributed by atoms with Crippen LogP contribution in [0.25, 0.3) is 0 Å². The highest BCUT2D eigenvalue weighted by atomic mass is 16.5. The van der Waals surface area contributed by atoms with E-state index >= 15 is 0 Å². The summed E-state index contributed by atoms with van der Waals surface area (Å²) >= 11 is 0. The third-order valence-corrected chi connectivity index (χ3v) is 3.52. The second-order valence-corrected chi connectivity index (χ2v) is 5.56. The number of nitrogens with one attached hydrogen (secondary N) is 1. The van der Waals surface area contributed by atoms with Gasteiger partial charge >= 0.3 is 12.1 Å². The summed E-state index contributed by atoms with van der Waals surface area (Å²) < 4.78 is 10.1. The van der Waals surface area contributed by atoms with E-state index in [2.05, 4.69) is 17.2 Å². The van der Waals surface area contributed by atoms with Crippen LogP contribution in [0.3, 0.4) is 0 Å². The van der Waals surface area contributed by atoms with Crippen molar-refractivity contribution < 1.29 is 19.1 Å². The minimum absolute atomic E-state index is 0.218. The summed E-state index contributed by atoms with van der Waals surface area (Å²) in [6.07, 6.45) is -0.0757. The van der Waals surface area contributed by atoms with Gasteiger partial charge in [0.1, 0.15) is 6.61 Å². The van der Waals surface area contributed by atoms with Crippen LogP contribution in [0.15, 0.2) is 48.5 Å². The third-order valence-electron chi connectivity index (χ3n) is 3.52. The summed E-state index contributed by atoms with van der Waals surface area (Å²) in [5, 5.41) is 2.63. The predicted octanol–water partition coefficient (Wildman–Crippen LogP) is 3.11. The topological polar surface area (TPSA) is 90.6 Å². The molecule has 0 aliphatic heterocycles. The van der Waals surface area contributed by atoms with E-state index in [1.54, 1.807) is 25.1 Å². The van der Waals surface area contributed by atoms with Gasteiger partial charge < -0.3 is 20.5 Å². The van der Waals surface area contributed by atoms with E-state index in [0.29, 0.717) is 36.4 Å². The van der Waals surface area contributed by atoms with Crippen LogP contribution in [0.4, 0.5) is 10.5 Å². The standard InChI is InChI=1S/C21H22N2O4/c1-2-26-20(24)18-11-12-19(22)17(14-18)10-6-7-13-23-21(25)27-15-16-8-4-3-5-9-16/h3-5,8-9,11-12,14H,2,7,13,15,22H2,1H3,(H,23,25). The Morgan fingerprint density at radius 1 is 1.11 bits per heavy atom. The third kappa shape index (κ3) is 6.75. The first kappa shape index (κ1) is 19.9. The van der Waals surface area contributed by atoms with Crippen molar-refractivity contribution in [2.24, 2.45) is 0 Å². The van der Waals surface area contributed by atoms with Gasteiger partial charge in [0.25, 0.3) is 0 Å². The lowest BCUT2D eigenvalue weighted by Gasteiger charge is -2.05.